The first kappa shape index (κ1) is 15.4. The zero-order valence-electron chi connectivity index (χ0n) is 11.9. The molecule has 3 nitrogen and oxygen atoms in total. The summed E-state index contributed by atoms with van der Waals surface area (Å²) in [7, 11) is 1.33. The van der Waals surface area contributed by atoms with Crippen molar-refractivity contribution in [1.29, 1.82) is 0 Å². The Balaban J connectivity index is 3.00. The molecule has 1 unspecified atom stereocenters. The molecule has 0 saturated carbocycles. The van der Waals surface area contributed by atoms with Crippen molar-refractivity contribution in [3.63, 3.8) is 0 Å². The van der Waals surface area contributed by atoms with Gasteiger partial charge in [0.25, 0.3) is 0 Å². The van der Waals surface area contributed by atoms with Crippen molar-refractivity contribution in [3.05, 3.63) is 35.4 Å². The van der Waals surface area contributed by atoms with Crippen molar-refractivity contribution in [3.8, 4) is 0 Å². The van der Waals surface area contributed by atoms with E-state index in [0.717, 1.165) is 25.7 Å². The third kappa shape index (κ3) is 3.91. The van der Waals surface area contributed by atoms with E-state index in [4.69, 9.17) is 4.74 Å². The maximum atomic E-state index is 12.5. The van der Waals surface area contributed by atoms with Gasteiger partial charge >= 0.3 is 5.97 Å². The lowest BCUT2D eigenvalue weighted by molar-refractivity contribution is 0.0595. The maximum Gasteiger partial charge on any atom is 0.338 e. The zero-order valence-corrected chi connectivity index (χ0v) is 11.9. The number of hydrogen-bond donors (Lipinski definition) is 0. The van der Waals surface area contributed by atoms with E-state index in [1.807, 2.05) is 6.92 Å². The van der Waals surface area contributed by atoms with Crippen LogP contribution in [0.3, 0.4) is 0 Å². The number of benzene rings is 1. The molecule has 0 heterocycles. The molecule has 0 fully saturated rings. The monoisotopic (exact) mass is 262 g/mol. The maximum absolute atomic E-state index is 12.5. The Labute approximate surface area is 115 Å². The van der Waals surface area contributed by atoms with Crippen LogP contribution in [-0.2, 0) is 4.74 Å². The quantitative estimate of drug-likeness (QED) is 0.553. The van der Waals surface area contributed by atoms with Crippen LogP contribution in [0, 0.1) is 5.92 Å². The number of ether oxygens (including phenoxy) is 1. The minimum Gasteiger partial charge on any atom is -0.465 e. The largest absolute Gasteiger partial charge is 0.465 e. The fourth-order valence-electron chi connectivity index (χ4n) is 2.18. The van der Waals surface area contributed by atoms with Gasteiger partial charge in [-0.05, 0) is 18.9 Å². The number of Topliss-reactive ketones (excluding diaryl/α,β-unsaturated/α-hetero) is 1. The summed E-state index contributed by atoms with van der Waals surface area (Å²) in [6.07, 6.45) is 3.78. The van der Waals surface area contributed by atoms with Gasteiger partial charge in [0, 0.05) is 11.5 Å². The van der Waals surface area contributed by atoms with Crippen LogP contribution < -0.4 is 0 Å². The molecule has 0 bridgehead atoms. The van der Waals surface area contributed by atoms with E-state index in [0.29, 0.717) is 11.1 Å². The highest BCUT2D eigenvalue weighted by atomic mass is 16.5. The van der Waals surface area contributed by atoms with Crippen LogP contribution >= 0.6 is 0 Å². The van der Waals surface area contributed by atoms with Crippen molar-refractivity contribution in [2.75, 3.05) is 7.11 Å². The summed E-state index contributed by atoms with van der Waals surface area (Å²) in [6.45, 7) is 4.12. The SMILES string of the molecule is CCCCC(CC)C(=O)c1ccccc1C(=O)OC. The van der Waals surface area contributed by atoms with E-state index in [1.165, 1.54) is 7.11 Å². The number of unbranched alkanes of at least 4 members (excludes halogenated alkanes) is 1. The third-order valence-corrected chi connectivity index (χ3v) is 3.37. The molecule has 0 saturated heterocycles. The molecule has 19 heavy (non-hydrogen) atoms. The van der Waals surface area contributed by atoms with E-state index in [-0.39, 0.29) is 11.7 Å². The number of hydrogen-bond acceptors (Lipinski definition) is 3. The first-order valence-corrected chi connectivity index (χ1v) is 6.87. The zero-order chi connectivity index (χ0) is 14.3. The highest BCUT2D eigenvalue weighted by Crippen LogP contribution is 2.21. The highest BCUT2D eigenvalue weighted by Gasteiger charge is 2.22. The van der Waals surface area contributed by atoms with E-state index in [2.05, 4.69) is 6.92 Å². The van der Waals surface area contributed by atoms with Gasteiger partial charge < -0.3 is 4.74 Å². The van der Waals surface area contributed by atoms with Gasteiger partial charge in [-0.25, -0.2) is 4.79 Å². The molecular formula is C16H22O3. The van der Waals surface area contributed by atoms with E-state index < -0.39 is 5.97 Å². The molecule has 0 aliphatic rings. The van der Waals surface area contributed by atoms with Gasteiger partial charge in [-0.15, -0.1) is 0 Å². The Hall–Kier alpha value is -1.64. The Kier molecular flexibility index (Phi) is 6.26. The van der Waals surface area contributed by atoms with Gasteiger partial charge in [-0.1, -0.05) is 44.9 Å². The minimum absolute atomic E-state index is 0.00856. The average molecular weight is 262 g/mol. The second-order valence-corrected chi connectivity index (χ2v) is 4.65. The second kappa shape index (κ2) is 7.72. The van der Waals surface area contributed by atoms with Crippen molar-refractivity contribution < 1.29 is 14.3 Å². The molecule has 0 spiro atoms. The molecule has 1 rings (SSSR count). The normalized spacial score (nSPS) is 11.9. The Morgan fingerprint density at radius 2 is 1.79 bits per heavy atom. The van der Waals surface area contributed by atoms with Crippen LogP contribution in [0.5, 0.6) is 0 Å². The van der Waals surface area contributed by atoms with Gasteiger partial charge in [0.15, 0.2) is 5.78 Å². The van der Waals surface area contributed by atoms with E-state index >= 15 is 0 Å². The highest BCUT2D eigenvalue weighted by molar-refractivity contribution is 6.07. The van der Waals surface area contributed by atoms with Gasteiger partial charge in [-0.3, -0.25) is 4.79 Å². The summed E-state index contributed by atoms with van der Waals surface area (Å²) < 4.78 is 4.73. The molecule has 0 aromatic heterocycles. The number of carbonyl (C=O) groups excluding carboxylic acids is 2. The predicted octanol–water partition coefficient (Wildman–Crippen LogP) is 3.87. The molecule has 0 aliphatic heterocycles. The van der Waals surface area contributed by atoms with Crippen molar-refractivity contribution >= 4 is 11.8 Å². The fraction of sp³-hybridized carbons (Fsp3) is 0.500. The third-order valence-electron chi connectivity index (χ3n) is 3.37. The molecule has 104 valence electrons. The summed E-state index contributed by atoms with van der Waals surface area (Å²) >= 11 is 0. The van der Waals surface area contributed by atoms with Crippen LogP contribution in [-0.4, -0.2) is 18.9 Å². The van der Waals surface area contributed by atoms with E-state index in [1.54, 1.807) is 24.3 Å². The minimum atomic E-state index is -0.450. The van der Waals surface area contributed by atoms with Crippen molar-refractivity contribution in [2.24, 2.45) is 5.92 Å². The summed E-state index contributed by atoms with van der Waals surface area (Å²) in [6, 6.07) is 6.89. The predicted molar refractivity (Wildman–Crippen MR) is 75.4 cm³/mol. The molecule has 0 aliphatic carbocycles. The lowest BCUT2D eigenvalue weighted by Gasteiger charge is -2.15. The lowest BCUT2D eigenvalue weighted by Crippen LogP contribution is -2.18. The Morgan fingerprint density at radius 1 is 1.16 bits per heavy atom. The smallest absolute Gasteiger partial charge is 0.338 e. The topological polar surface area (TPSA) is 43.4 Å². The number of carbonyl (C=O) groups is 2. The van der Waals surface area contributed by atoms with Gasteiger partial charge in [0.1, 0.15) is 0 Å². The molecular weight excluding hydrogens is 240 g/mol. The van der Waals surface area contributed by atoms with Crippen LogP contribution in [0.4, 0.5) is 0 Å². The average Bonchev–Trinajstić information content (AvgIpc) is 2.47. The first-order chi connectivity index (χ1) is 9.15. The molecule has 1 aromatic carbocycles. The van der Waals surface area contributed by atoms with Crippen molar-refractivity contribution in [1.82, 2.24) is 0 Å². The van der Waals surface area contributed by atoms with Crippen LogP contribution in [0.2, 0.25) is 0 Å². The number of rotatable bonds is 7. The van der Waals surface area contributed by atoms with Crippen LogP contribution in [0.15, 0.2) is 24.3 Å². The number of ketones is 1. The standard InChI is InChI=1S/C16H22O3/c1-4-6-9-12(5-2)15(17)13-10-7-8-11-14(13)16(18)19-3/h7-8,10-12H,4-6,9H2,1-3H3. The summed E-state index contributed by atoms with van der Waals surface area (Å²) in [5.74, 6) is -0.406. The molecule has 0 N–H and O–H groups in total. The van der Waals surface area contributed by atoms with Gasteiger partial charge in [0.2, 0.25) is 0 Å². The van der Waals surface area contributed by atoms with Gasteiger partial charge in [0.05, 0.1) is 12.7 Å². The number of esters is 1. The molecule has 0 radical (unpaired) electrons. The molecule has 1 atom stereocenters. The number of methoxy groups -OCH3 is 1. The summed E-state index contributed by atoms with van der Waals surface area (Å²) in [5, 5.41) is 0. The summed E-state index contributed by atoms with van der Waals surface area (Å²) in [4.78, 5) is 24.2. The fourth-order valence-corrected chi connectivity index (χ4v) is 2.18. The van der Waals surface area contributed by atoms with Crippen LogP contribution in [0.1, 0.15) is 60.2 Å². The molecule has 1 aromatic rings. The first-order valence-electron chi connectivity index (χ1n) is 6.87. The molecule has 3 heteroatoms. The lowest BCUT2D eigenvalue weighted by atomic mass is 9.88. The molecule has 0 amide bonds. The van der Waals surface area contributed by atoms with Crippen LogP contribution in [0.25, 0.3) is 0 Å². The van der Waals surface area contributed by atoms with E-state index in [9.17, 15) is 9.59 Å². The second-order valence-electron chi connectivity index (χ2n) is 4.65. The summed E-state index contributed by atoms with van der Waals surface area (Å²) in [5.41, 5.74) is 0.849. The van der Waals surface area contributed by atoms with Gasteiger partial charge in [-0.2, -0.15) is 0 Å². The Bertz CT molecular complexity index is 437. The van der Waals surface area contributed by atoms with Crippen molar-refractivity contribution in [2.45, 2.75) is 39.5 Å². The Morgan fingerprint density at radius 3 is 2.32 bits per heavy atom.